The van der Waals surface area contributed by atoms with Crippen molar-refractivity contribution in [3.63, 3.8) is 0 Å². The molecule has 1 aromatic rings. The minimum absolute atomic E-state index is 0.197. The van der Waals surface area contributed by atoms with E-state index in [1.165, 1.54) is 16.8 Å². The van der Waals surface area contributed by atoms with Crippen LogP contribution < -0.4 is 11.2 Å². The van der Waals surface area contributed by atoms with E-state index >= 15 is 0 Å². The van der Waals surface area contributed by atoms with Crippen molar-refractivity contribution in [3.05, 3.63) is 33.1 Å². The first-order chi connectivity index (χ1) is 16.3. The van der Waals surface area contributed by atoms with E-state index in [1.807, 2.05) is 0 Å². The van der Waals surface area contributed by atoms with Gasteiger partial charge in [-0.15, -0.1) is 0 Å². The van der Waals surface area contributed by atoms with Crippen molar-refractivity contribution < 1.29 is 23.3 Å². The molecule has 0 radical (unpaired) electrons. The Labute approximate surface area is 201 Å². The summed E-state index contributed by atoms with van der Waals surface area (Å²) in [5.74, 6) is 0. The zero-order valence-electron chi connectivity index (χ0n) is 20.6. The highest BCUT2D eigenvalue weighted by Gasteiger charge is 2.38. The molecular weight excluding hydrogens is 463 g/mol. The Kier molecular flexibility index (Phi) is 12.4. The molecule has 1 N–H and O–H groups in total. The Hall–Kier alpha value is -1.64. The molecule has 4 atom stereocenters. The molecule has 0 amide bonds. The van der Waals surface area contributed by atoms with E-state index in [4.69, 9.17) is 28.5 Å². The van der Waals surface area contributed by atoms with Crippen LogP contribution in [0.1, 0.15) is 40.5 Å². The molecule has 0 bridgehead atoms. The largest absolute Gasteiger partial charge is 0.382 e. The fraction of sp³-hybridized carbons (Fsp3) is 0.773. The number of hydrogen-bond acceptors (Lipinski definition) is 9. The van der Waals surface area contributed by atoms with Crippen LogP contribution in [-0.4, -0.2) is 78.2 Å². The summed E-state index contributed by atoms with van der Waals surface area (Å²) in [6.07, 6.45) is 1.40. The molecule has 1 saturated heterocycles. The summed E-state index contributed by atoms with van der Waals surface area (Å²) in [5.41, 5.74) is -0.942. The first kappa shape index (κ1) is 28.6. The minimum atomic E-state index is -1.38. The van der Waals surface area contributed by atoms with Gasteiger partial charge in [0.25, 0.3) is 14.1 Å². The number of nitrogens with zero attached hydrogens (tertiary/aromatic N) is 3. The Balaban J connectivity index is 2.07. The van der Waals surface area contributed by atoms with Gasteiger partial charge in [0.1, 0.15) is 6.10 Å². The van der Waals surface area contributed by atoms with E-state index in [2.05, 4.69) is 43.4 Å². The highest BCUT2D eigenvalue weighted by Crippen LogP contribution is 2.46. The highest BCUT2D eigenvalue weighted by molar-refractivity contribution is 7.44. The van der Waals surface area contributed by atoms with Crippen molar-refractivity contribution in [2.24, 2.45) is 0 Å². The van der Waals surface area contributed by atoms with Crippen LogP contribution in [0.3, 0.4) is 0 Å². The number of nitrogens with one attached hydrogen (secondary N) is 1. The van der Waals surface area contributed by atoms with Gasteiger partial charge >= 0.3 is 5.69 Å². The second-order valence-corrected chi connectivity index (χ2v) is 9.99. The molecule has 0 aliphatic carbocycles. The third-order valence-electron chi connectivity index (χ3n) is 5.20. The predicted octanol–water partition coefficient (Wildman–Crippen LogP) is 2.02. The molecule has 2 rings (SSSR count). The molecule has 11 nitrogen and oxygen atoms in total. The maximum atomic E-state index is 12.1. The Bertz CT molecular complexity index is 877. The average molecular weight is 501 g/mol. The molecule has 1 unspecified atom stereocenters. The van der Waals surface area contributed by atoms with Gasteiger partial charge in [0.2, 0.25) is 0 Å². The van der Waals surface area contributed by atoms with Gasteiger partial charge in [0, 0.05) is 37.9 Å². The molecule has 192 valence electrons. The second kappa shape index (κ2) is 14.7. The maximum absolute atomic E-state index is 12.1. The zero-order chi connectivity index (χ0) is 25.1. The third-order valence-corrected chi connectivity index (χ3v) is 7.28. The molecule has 12 heteroatoms. The van der Waals surface area contributed by atoms with E-state index in [0.717, 1.165) is 0 Å². The van der Waals surface area contributed by atoms with Gasteiger partial charge in [0.05, 0.1) is 57.7 Å². The maximum Gasteiger partial charge on any atom is 0.328 e. The average Bonchev–Trinajstić information content (AvgIpc) is 3.15. The summed E-state index contributed by atoms with van der Waals surface area (Å²) in [7, 11) is 0.220. The normalized spacial score (nSPS) is 21.4. The van der Waals surface area contributed by atoms with Crippen LogP contribution in [0.25, 0.3) is 0 Å². The molecule has 0 saturated carbocycles. The molecule has 0 aromatic carbocycles. The summed E-state index contributed by atoms with van der Waals surface area (Å²) < 4.78 is 33.0. The Morgan fingerprint density at radius 2 is 1.97 bits per heavy atom. The molecule has 34 heavy (non-hydrogen) atoms. The molecule has 1 fully saturated rings. The van der Waals surface area contributed by atoms with Crippen LogP contribution in [0, 0.1) is 11.3 Å². The summed E-state index contributed by atoms with van der Waals surface area (Å²) in [5, 5.41) is 8.88. The van der Waals surface area contributed by atoms with Crippen LogP contribution in [-0.2, 0) is 29.8 Å². The van der Waals surface area contributed by atoms with Crippen molar-refractivity contribution in [3.8, 4) is 6.07 Å². The zero-order valence-corrected chi connectivity index (χ0v) is 21.5. The van der Waals surface area contributed by atoms with E-state index in [0.29, 0.717) is 26.2 Å². The van der Waals surface area contributed by atoms with Gasteiger partial charge in [0.15, 0.2) is 0 Å². The van der Waals surface area contributed by atoms with E-state index in [1.54, 1.807) is 7.11 Å². The molecule has 2 heterocycles. The van der Waals surface area contributed by atoms with Gasteiger partial charge in [-0.1, -0.05) is 0 Å². The lowest BCUT2D eigenvalue weighted by atomic mass is 10.1. The van der Waals surface area contributed by atoms with Crippen LogP contribution in [0.2, 0.25) is 0 Å². The number of aromatic amines is 1. The first-order valence-electron chi connectivity index (χ1n) is 11.5. The van der Waals surface area contributed by atoms with E-state index in [-0.39, 0.29) is 43.9 Å². The lowest BCUT2D eigenvalue weighted by Gasteiger charge is -2.35. The number of ether oxygens (including phenoxy) is 3. The molecule has 1 aliphatic heterocycles. The Morgan fingerprint density at radius 1 is 1.24 bits per heavy atom. The van der Waals surface area contributed by atoms with Crippen LogP contribution in [0.15, 0.2) is 21.9 Å². The molecular formula is C22H37N4O7P. The number of hydrogen-bond donors (Lipinski definition) is 1. The van der Waals surface area contributed by atoms with Crippen molar-refractivity contribution in [1.82, 2.24) is 14.2 Å². The second-order valence-electron chi connectivity index (χ2n) is 8.54. The van der Waals surface area contributed by atoms with Gasteiger partial charge in [-0.2, -0.15) is 5.26 Å². The summed E-state index contributed by atoms with van der Waals surface area (Å²) >= 11 is 0. The molecule has 1 aliphatic rings. The van der Waals surface area contributed by atoms with Gasteiger partial charge in [-0.25, -0.2) is 9.46 Å². The van der Waals surface area contributed by atoms with Crippen molar-refractivity contribution in [1.29, 1.82) is 5.26 Å². The summed E-state index contributed by atoms with van der Waals surface area (Å²) in [6, 6.07) is 3.79. The van der Waals surface area contributed by atoms with E-state index < -0.39 is 25.9 Å². The van der Waals surface area contributed by atoms with Crippen molar-refractivity contribution >= 4 is 8.53 Å². The number of methoxy groups -OCH3 is 1. The number of H-pyrrole nitrogens is 1. The summed E-state index contributed by atoms with van der Waals surface area (Å²) in [4.78, 5) is 25.8. The smallest absolute Gasteiger partial charge is 0.328 e. The van der Waals surface area contributed by atoms with Gasteiger partial charge in [-0.3, -0.25) is 14.3 Å². The van der Waals surface area contributed by atoms with Crippen LogP contribution >= 0.6 is 8.53 Å². The highest BCUT2D eigenvalue weighted by atomic mass is 31.2. The molecule has 0 spiro atoms. The first-order valence-corrected chi connectivity index (χ1v) is 12.7. The lowest BCUT2D eigenvalue weighted by Crippen LogP contribution is -2.36. The van der Waals surface area contributed by atoms with Crippen LogP contribution in [0.4, 0.5) is 0 Å². The van der Waals surface area contributed by atoms with Gasteiger partial charge < -0.3 is 23.3 Å². The SMILES string of the molecule is COCCO[C@@H]1C[C@@H](COP(OCCC#N)N(C(C)C)C(C)C)O[C@H]1Cn1ccc(=O)[nH]c1=O. The molecule has 1 aromatic heterocycles. The van der Waals surface area contributed by atoms with Gasteiger partial charge in [-0.05, 0) is 27.7 Å². The Morgan fingerprint density at radius 3 is 2.59 bits per heavy atom. The lowest BCUT2D eigenvalue weighted by molar-refractivity contribution is -0.0472. The number of nitriles is 1. The third kappa shape index (κ3) is 8.86. The fourth-order valence-corrected chi connectivity index (χ4v) is 5.41. The topological polar surface area (TPSA) is 128 Å². The quantitative estimate of drug-likeness (QED) is 0.284. The predicted molar refractivity (Wildman–Crippen MR) is 127 cm³/mol. The standard InChI is InChI=1S/C22H37N4O7P/c1-16(2)26(17(3)4)34(31-10-6-8-23)32-15-18-13-19(30-12-11-29-5)20(33-18)14-25-9-7-21(27)24-22(25)28/h7,9,16-20H,6,10-15H2,1-5H3,(H,24,27,28)/t18-,19+,20-,34?/m0/s1. The van der Waals surface area contributed by atoms with Crippen molar-refractivity contribution in [2.75, 3.05) is 33.5 Å². The number of rotatable bonds is 15. The summed E-state index contributed by atoms with van der Waals surface area (Å²) in [6.45, 7) is 9.98. The minimum Gasteiger partial charge on any atom is -0.382 e. The van der Waals surface area contributed by atoms with Crippen LogP contribution in [0.5, 0.6) is 0 Å². The monoisotopic (exact) mass is 500 g/mol. The number of aromatic nitrogens is 2. The fourth-order valence-electron chi connectivity index (χ4n) is 3.77. The van der Waals surface area contributed by atoms with E-state index in [9.17, 15) is 9.59 Å². The van der Waals surface area contributed by atoms with Crippen molar-refractivity contribution in [2.45, 2.75) is 77.5 Å².